The molecule has 15 heavy (non-hydrogen) atoms. The van der Waals surface area contributed by atoms with E-state index in [2.05, 4.69) is 0 Å². The SMILES string of the molecule is O=C(O)C=CCOc1ccc(F)c(Cl)c1. The van der Waals surface area contributed by atoms with Crippen molar-refractivity contribution in [3.63, 3.8) is 0 Å². The number of carbonyl (C=O) groups is 1. The Bertz CT molecular complexity index is 390. The Balaban J connectivity index is 2.51. The summed E-state index contributed by atoms with van der Waals surface area (Å²) in [5.74, 6) is -1.18. The molecule has 1 aromatic carbocycles. The van der Waals surface area contributed by atoms with Crippen molar-refractivity contribution in [1.29, 1.82) is 0 Å². The molecule has 0 atom stereocenters. The Labute approximate surface area is 90.7 Å². The van der Waals surface area contributed by atoms with E-state index >= 15 is 0 Å². The minimum atomic E-state index is -1.05. The number of rotatable bonds is 4. The third-order valence-electron chi connectivity index (χ3n) is 1.50. The zero-order valence-electron chi connectivity index (χ0n) is 7.61. The van der Waals surface area contributed by atoms with E-state index in [4.69, 9.17) is 21.4 Å². The second-order valence-electron chi connectivity index (χ2n) is 2.63. The average molecular weight is 231 g/mol. The number of halogens is 2. The quantitative estimate of drug-likeness (QED) is 0.809. The molecule has 1 rings (SSSR count). The number of benzene rings is 1. The van der Waals surface area contributed by atoms with Crippen LogP contribution in [0.25, 0.3) is 0 Å². The van der Waals surface area contributed by atoms with Gasteiger partial charge in [0.15, 0.2) is 0 Å². The summed E-state index contributed by atoms with van der Waals surface area (Å²) in [7, 11) is 0. The number of carboxylic acids is 1. The predicted molar refractivity (Wildman–Crippen MR) is 53.7 cm³/mol. The van der Waals surface area contributed by atoms with Crippen LogP contribution < -0.4 is 4.74 Å². The molecule has 0 unspecified atom stereocenters. The predicted octanol–water partition coefficient (Wildman–Crippen LogP) is 2.50. The van der Waals surface area contributed by atoms with Crippen molar-refractivity contribution in [3.05, 3.63) is 41.2 Å². The van der Waals surface area contributed by atoms with Crippen LogP contribution in [0.1, 0.15) is 0 Å². The highest BCUT2D eigenvalue weighted by molar-refractivity contribution is 6.30. The maximum Gasteiger partial charge on any atom is 0.328 e. The van der Waals surface area contributed by atoms with Crippen LogP contribution in [0.3, 0.4) is 0 Å². The van der Waals surface area contributed by atoms with Crippen molar-refractivity contribution in [2.75, 3.05) is 6.61 Å². The minimum absolute atomic E-state index is 0.0327. The van der Waals surface area contributed by atoms with Crippen molar-refractivity contribution in [2.24, 2.45) is 0 Å². The van der Waals surface area contributed by atoms with E-state index in [1.807, 2.05) is 0 Å². The molecule has 0 saturated carbocycles. The third-order valence-corrected chi connectivity index (χ3v) is 1.79. The summed E-state index contributed by atoms with van der Waals surface area (Å²) in [5, 5.41) is 8.25. The third kappa shape index (κ3) is 3.99. The molecular formula is C10H8ClFO3. The van der Waals surface area contributed by atoms with Gasteiger partial charge in [0.2, 0.25) is 0 Å². The Morgan fingerprint density at radius 1 is 1.60 bits per heavy atom. The molecule has 0 saturated heterocycles. The number of hydrogen-bond acceptors (Lipinski definition) is 2. The lowest BCUT2D eigenvalue weighted by Crippen LogP contribution is -1.95. The van der Waals surface area contributed by atoms with Gasteiger partial charge >= 0.3 is 5.97 Å². The fourth-order valence-corrected chi connectivity index (χ4v) is 1.03. The molecule has 0 aliphatic heterocycles. The van der Waals surface area contributed by atoms with E-state index in [0.29, 0.717) is 5.75 Å². The molecule has 0 spiro atoms. The Morgan fingerprint density at radius 3 is 2.93 bits per heavy atom. The summed E-state index contributed by atoms with van der Waals surface area (Å²) in [6, 6.07) is 3.92. The average Bonchev–Trinajstić information content (AvgIpc) is 2.18. The molecule has 1 aromatic rings. The lowest BCUT2D eigenvalue weighted by molar-refractivity contribution is -0.131. The van der Waals surface area contributed by atoms with E-state index in [-0.39, 0.29) is 11.6 Å². The molecule has 5 heteroatoms. The first-order chi connectivity index (χ1) is 7.09. The Hall–Kier alpha value is -1.55. The summed E-state index contributed by atoms with van der Waals surface area (Å²) in [6.45, 7) is 0.0915. The topological polar surface area (TPSA) is 46.5 Å². The fourth-order valence-electron chi connectivity index (χ4n) is 0.860. The van der Waals surface area contributed by atoms with Crippen LogP contribution in [0.5, 0.6) is 5.75 Å². The van der Waals surface area contributed by atoms with Crippen LogP contribution in [0, 0.1) is 5.82 Å². The summed E-state index contributed by atoms with van der Waals surface area (Å²) in [6.07, 6.45) is 2.30. The molecule has 0 aromatic heterocycles. The zero-order chi connectivity index (χ0) is 11.3. The van der Waals surface area contributed by atoms with Crippen LogP contribution in [0.4, 0.5) is 4.39 Å². The van der Waals surface area contributed by atoms with Crippen molar-refractivity contribution < 1.29 is 19.0 Å². The van der Waals surface area contributed by atoms with Gasteiger partial charge in [-0.15, -0.1) is 0 Å². The molecule has 80 valence electrons. The van der Waals surface area contributed by atoms with E-state index in [9.17, 15) is 9.18 Å². The van der Waals surface area contributed by atoms with Crippen LogP contribution >= 0.6 is 11.6 Å². The van der Waals surface area contributed by atoms with Gasteiger partial charge in [0.1, 0.15) is 18.2 Å². The molecule has 0 aliphatic rings. The molecule has 1 N–H and O–H groups in total. The first kappa shape index (κ1) is 11.5. The van der Waals surface area contributed by atoms with Gasteiger partial charge < -0.3 is 9.84 Å². The van der Waals surface area contributed by atoms with E-state index in [0.717, 1.165) is 6.08 Å². The van der Waals surface area contributed by atoms with Crippen molar-refractivity contribution in [2.45, 2.75) is 0 Å². The lowest BCUT2D eigenvalue weighted by Gasteiger charge is -2.03. The highest BCUT2D eigenvalue weighted by atomic mass is 35.5. The van der Waals surface area contributed by atoms with Gasteiger partial charge in [0, 0.05) is 12.1 Å². The summed E-state index contributed by atoms with van der Waals surface area (Å²) < 4.78 is 17.8. The van der Waals surface area contributed by atoms with Gasteiger partial charge in [0.05, 0.1) is 5.02 Å². The molecule has 0 amide bonds. The number of aliphatic carboxylic acids is 1. The lowest BCUT2D eigenvalue weighted by atomic mass is 10.3. The van der Waals surface area contributed by atoms with Gasteiger partial charge in [-0.3, -0.25) is 0 Å². The zero-order valence-corrected chi connectivity index (χ0v) is 8.37. The molecule has 0 fully saturated rings. The van der Waals surface area contributed by atoms with Crippen LogP contribution in [0.15, 0.2) is 30.4 Å². The molecule has 0 radical (unpaired) electrons. The second-order valence-corrected chi connectivity index (χ2v) is 3.03. The maximum absolute atomic E-state index is 12.7. The highest BCUT2D eigenvalue weighted by Crippen LogP contribution is 2.20. The molecule has 3 nitrogen and oxygen atoms in total. The molecule has 0 bridgehead atoms. The summed E-state index contributed by atoms with van der Waals surface area (Å²) >= 11 is 5.51. The second kappa shape index (κ2) is 5.36. The normalized spacial score (nSPS) is 10.5. The standard InChI is InChI=1S/C10H8ClFO3/c11-8-6-7(3-4-9(8)12)15-5-1-2-10(13)14/h1-4,6H,5H2,(H,13,14). The monoisotopic (exact) mass is 230 g/mol. The molecule has 0 aliphatic carbocycles. The van der Waals surface area contributed by atoms with Crippen LogP contribution in [0.2, 0.25) is 5.02 Å². The van der Waals surface area contributed by atoms with Crippen LogP contribution in [-0.4, -0.2) is 17.7 Å². The van der Waals surface area contributed by atoms with Gasteiger partial charge in [-0.05, 0) is 18.2 Å². The van der Waals surface area contributed by atoms with Gasteiger partial charge in [0.25, 0.3) is 0 Å². The minimum Gasteiger partial charge on any atom is -0.489 e. The van der Waals surface area contributed by atoms with E-state index < -0.39 is 11.8 Å². The smallest absolute Gasteiger partial charge is 0.328 e. The first-order valence-electron chi connectivity index (χ1n) is 4.07. The Morgan fingerprint density at radius 2 is 2.33 bits per heavy atom. The van der Waals surface area contributed by atoms with E-state index in [1.54, 1.807) is 0 Å². The number of carboxylic acid groups (broad SMARTS) is 1. The Kier molecular flexibility index (Phi) is 4.12. The molecule has 0 heterocycles. The number of hydrogen-bond donors (Lipinski definition) is 1. The largest absolute Gasteiger partial charge is 0.489 e. The maximum atomic E-state index is 12.7. The highest BCUT2D eigenvalue weighted by Gasteiger charge is 2.00. The van der Waals surface area contributed by atoms with Gasteiger partial charge in [-0.2, -0.15) is 0 Å². The van der Waals surface area contributed by atoms with Crippen molar-refractivity contribution in [1.82, 2.24) is 0 Å². The van der Waals surface area contributed by atoms with Crippen molar-refractivity contribution >= 4 is 17.6 Å². The van der Waals surface area contributed by atoms with E-state index in [1.165, 1.54) is 24.3 Å². The first-order valence-corrected chi connectivity index (χ1v) is 4.44. The van der Waals surface area contributed by atoms with Gasteiger partial charge in [-0.1, -0.05) is 11.6 Å². The van der Waals surface area contributed by atoms with Crippen molar-refractivity contribution in [3.8, 4) is 5.75 Å². The summed E-state index contributed by atoms with van der Waals surface area (Å²) in [4.78, 5) is 10.1. The fraction of sp³-hybridized carbons (Fsp3) is 0.100. The van der Waals surface area contributed by atoms with Crippen LogP contribution in [-0.2, 0) is 4.79 Å². The molecular weight excluding hydrogens is 223 g/mol. The summed E-state index contributed by atoms with van der Waals surface area (Å²) in [5.41, 5.74) is 0. The van der Waals surface area contributed by atoms with Gasteiger partial charge in [-0.25, -0.2) is 9.18 Å². The number of ether oxygens (including phenoxy) is 1.